The summed E-state index contributed by atoms with van der Waals surface area (Å²) in [5.74, 6) is -4.96. The molecule has 0 amide bonds. The van der Waals surface area contributed by atoms with Gasteiger partial charge in [-0.1, -0.05) is 0 Å². The fraction of sp³-hybridized carbons (Fsp3) is 0.500. The van der Waals surface area contributed by atoms with E-state index in [9.17, 15) is 17.6 Å². The van der Waals surface area contributed by atoms with Crippen LogP contribution >= 0.6 is 0 Å². The normalized spacial score (nSPS) is 12.9. The molecule has 6 heteroatoms. The summed E-state index contributed by atoms with van der Waals surface area (Å²) < 4.78 is 54.7. The number of halogens is 4. The van der Waals surface area contributed by atoms with Crippen LogP contribution in [0.15, 0.2) is 0 Å². The van der Waals surface area contributed by atoms with E-state index < -0.39 is 40.5 Å². The van der Waals surface area contributed by atoms with Crippen molar-refractivity contribution in [2.75, 3.05) is 0 Å². The molecule has 98 valence electrons. The van der Waals surface area contributed by atoms with Crippen molar-refractivity contribution in [3.8, 4) is 0 Å². The second kappa shape index (κ2) is 4.72. The second-order valence-corrected chi connectivity index (χ2v) is 12.4. The number of hydrogen-bond acceptors (Lipinski definition) is 0. The predicted molar refractivity (Wildman–Crippen MR) is 68.5 cm³/mol. The Bertz CT molecular complexity index is 463. The Morgan fingerprint density at radius 3 is 1.44 bits per heavy atom. The molecule has 1 aromatic rings. The van der Waals surface area contributed by atoms with E-state index in [1.807, 2.05) is 20.8 Å². The van der Waals surface area contributed by atoms with Crippen LogP contribution in [0.1, 0.15) is 20.8 Å². The molecule has 0 saturated heterocycles. The molecule has 0 unspecified atom stereocenters. The van der Waals surface area contributed by atoms with E-state index in [1.165, 1.54) is 0 Å². The number of rotatable bonds is 1. The van der Waals surface area contributed by atoms with Gasteiger partial charge >= 0.3 is 116 Å². The van der Waals surface area contributed by atoms with Gasteiger partial charge in [-0.05, 0) is 0 Å². The third kappa shape index (κ3) is 2.30. The third-order valence-electron chi connectivity index (χ3n) is 3.80. The molecule has 0 heterocycles. The summed E-state index contributed by atoms with van der Waals surface area (Å²) >= 11 is 0.539. The van der Waals surface area contributed by atoms with E-state index in [-0.39, 0.29) is 5.19 Å². The Morgan fingerprint density at radius 1 is 0.833 bits per heavy atom. The van der Waals surface area contributed by atoms with E-state index in [1.54, 1.807) is 13.1 Å². The molecule has 0 nitrogen and oxygen atoms in total. The van der Waals surface area contributed by atoms with Crippen molar-refractivity contribution in [1.82, 2.24) is 0 Å². The Morgan fingerprint density at radius 2 is 1.17 bits per heavy atom. The van der Waals surface area contributed by atoms with Crippen LogP contribution in [0.3, 0.4) is 0 Å². The first-order valence-corrected chi connectivity index (χ1v) is 9.76. The van der Waals surface area contributed by atoms with Crippen LogP contribution in [-0.2, 0) is 0 Å². The Hall–Kier alpha value is -0.207. The van der Waals surface area contributed by atoms with Crippen molar-refractivity contribution in [1.29, 1.82) is 0 Å². The van der Waals surface area contributed by atoms with Gasteiger partial charge in [0.25, 0.3) is 0 Å². The summed E-state index contributed by atoms with van der Waals surface area (Å²) in [5.41, 5.74) is 0. The molecule has 18 heavy (non-hydrogen) atoms. The van der Waals surface area contributed by atoms with Crippen LogP contribution in [0.25, 0.3) is 0 Å². The molecule has 0 aliphatic rings. The van der Waals surface area contributed by atoms with Gasteiger partial charge in [-0.25, -0.2) is 0 Å². The van der Waals surface area contributed by atoms with E-state index in [4.69, 9.17) is 0 Å². The van der Waals surface area contributed by atoms with Gasteiger partial charge in [-0.2, -0.15) is 0 Å². The molecule has 0 atom stereocenters. The molecule has 2 radical (unpaired) electrons. The van der Waals surface area contributed by atoms with E-state index >= 15 is 0 Å². The minimum atomic E-state index is -2.68. The standard InChI is InChI=1S/C12H15F4Si.Ga/c1-12(2,3)17(4,5)11-9(15)7(13)6-8(14)10(11)16;/h1-5H3;. The van der Waals surface area contributed by atoms with Gasteiger partial charge < -0.3 is 0 Å². The van der Waals surface area contributed by atoms with Crippen LogP contribution in [0.2, 0.25) is 18.1 Å². The number of benzene rings is 1. The topological polar surface area (TPSA) is 0 Å². The number of hydrogen-bond donors (Lipinski definition) is 0. The van der Waals surface area contributed by atoms with Crippen molar-refractivity contribution >= 4 is 36.0 Å². The van der Waals surface area contributed by atoms with E-state index in [0.29, 0.717) is 18.6 Å². The zero-order valence-corrected chi connectivity index (χ0v) is 14.5. The van der Waals surface area contributed by atoms with Crippen LogP contribution in [0, 0.1) is 23.3 Å². The quantitative estimate of drug-likeness (QED) is 0.421. The molecule has 0 N–H and O–H groups in total. The Labute approximate surface area is 116 Å². The fourth-order valence-electron chi connectivity index (χ4n) is 1.57. The van der Waals surface area contributed by atoms with Crippen LogP contribution in [0.5, 0.6) is 0 Å². The van der Waals surface area contributed by atoms with Crippen molar-refractivity contribution in [3.63, 3.8) is 0 Å². The van der Waals surface area contributed by atoms with Gasteiger partial charge in [-0.3, -0.25) is 0 Å². The molecule has 0 aromatic heterocycles. The average Bonchev–Trinajstić information content (AvgIpc) is 2.22. The molecule has 0 aliphatic carbocycles. The second-order valence-electron chi connectivity index (χ2n) is 5.92. The Kier molecular flexibility index (Phi) is 4.16. The summed E-state index contributed by atoms with van der Waals surface area (Å²) in [6, 6.07) is 0. The zero-order chi connectivity index (χ0) is 14.5. The minimum absolute atomic E-state index is 0.383. The molecule has 0 bridgehead atoms. The Balaban J connectivity index is 3.72. The SMILES string of the molecule is CC(C)(C)[Si](C)(C)c1c(F)c(F)[c]([Ga])c(F)c1F. The maximum absolute atomic E-state index is 14.0. The predicted octanol–water partition coefficient (Wildman–Crippen LogP) is 2.75. The van der Waals surface area contributed by atoms with Gasteiger partial charge in [0.1, 0.15) is 0 Å². The van der Waals surface area contributed by atoms with Crippen LogP contribution in [0.4, 0.5) is 17.6 Å². The molecular formula is C12H15F4GaSi. The van der Waals surface area contributed by atoms with Gasteiger partial charge in [0.05, 0.1) is 0 Å². The van der Waals surface area contributed by atoms with Gasteiger partial charge in [0.2, 0.25) is 0 Å². The van der Waals surface area contributed by atoms with Crippen molar-refractivity contribution < 1.29 is 17.6 Å². The molecule has 1 rings (SSSR count). The monoisotopic (exact) mass is 332 g/mol. The molecule has 0 saturated carbocycles. The molecule has 0 fully saturated rings. The third-order valence-corrected chi connectivity index (χ3v) is 10.3. The molecular weight excluding hydrogens is 318 g/mol. The van der Waals surface area contributed by atoms with Crippen molar-refractivity contribution in [2.24, 2.45) is 0 Å². The van der Waals surface area contributed by atoms with Gasteiger partial charge in [-0.15, -0.1) is 0 Å². The summed E-state index contributed by atoms with van der Waals surface area (Å²) in [6.07, 6.45) is 0. The van der Waals surface area contributed by atoms with E-state index in [0.717, 1.165) is 0 Å². The van der Waals surface area contributed by atoms with Gasteiger partial charge in [0.15, 0.2) is 0 Å². The zero-order valence-electron chi connectivity index (χ0n) is 11.1. The van der Waals surface area contributed by atoms with E-state index in [2.05, 4.69) is 0 Å². The first-order valence-electron chi connectivity index (χ1n) is 5.54. The first-order chi connectivity index (χ1) is 7.93. The fourth-order valence-corrected chi connectivity index (χ4v) is 4.17. The first kappa shape index (κ1) is 15.8. The van der Waals surface area contributed by atoms with Gasteiger partial charge in [0, 0.05) is 0 Å². The maximum atomic E-state index is 14.0. The molecule has 0 spiro atoms. The summed E-state index contributed by atoms with van der Waals surface area (Å²) in [5, 5.41) is -0.792. The van der Waals surface area contributed by atoms with Crippen molar-refractivity contribution in [2.45, 2.75) is 38.9 Å². The van der Waals surface area contributed by atoms with Crippen LogP contribution in [-0.4, -0.2) is 26.7 Å². The molecule has 0 aliphatic heterocycles. The summed E-state index contributed by atoms with van der Waals surface area (Å²) in [4.78, 5) is 0. The average molecular weight is 333 g/mol. The van der Waals surface area contributed by atoms with Crippen molar-refractivity contribution in [3.05, 3.63) is 23.3 Å². The van der Waals surface area contributed by atoms with Crippen LogP contribution < -0.4 is 9.30 Å². The summed E-state index contributed by atoms with van der Waals surface area (Å²) in [6.45, 7) is 8.93. The molecule has 1 aromatic carbocycles. The summed E-state index contributed by atoms with van der Waals surface area (Å²) in [7, 11) is -2.68.